The fraction of sp³-hybridized carbons (Fsp3) is 0.682. The lowest BCUT2D eigenvalue weighted by Gasteiger charge is -2.33. The van der Waals surface area contributed by atoms with E-state index in [2.05, 4.69) is 58.6 Å². The van der Waals surface area contributed by atoms with Crippen molar-refractivity contribution in [2.75, 3.05) is 20.1 Å². The van der Waals surface area contributed by atoms with E-state index in [1.807, 2.05) is 7.05 Å². The van der Waals surface area contributed by atoms with Gasteiger partial charge in [-0.1, -0.05) is 38.1 Å². The molecule has 0 spiro atoms. The molecule has 2 saturated carbocycles. The van der Waals surface area contributed by atoms with Crippen LogP contribution in [0.15, 0.2) is 29.3 Å². The van der Waals surface area contributed by atoms with Crippen LogP contribution < -0.4 is 10.6 Å². The second-order valence-corrected chi connectivity index (χ2v) is 8.67. The predicted molar refractivity (Wildman–Crippen MR) is 109 cm³/mol. The molecular formula is C22H34N4. The molecule has 2 aliphatic carbocycles. The number of aliphatic imine (C=N–C) groups is 1. The van der Waals surface area contributed by atoms with Crippen LogP contribution in [0.25, 0.3) is 0 Å². The molecule has 0 bridgehead atoms. The predicted octanol–water partition coefficient (Wildman–Crippen LogP) is 3.46. The largest absolute Gasteiger partial charge is 0.354 e. The average molecular weight is 355 g/mol. The number of piperidine rings is 1. The summed E-state index contributed by atoms with van der Waals surface area (Å²) in [4.78, 5) is 7.15. The van der Waals surface area contributed by atoms with Crippen molar-refractivity contribution in [2.45, 2.75) is 75.9 Å². The van der Waals surface area contributed by atoms with Crippen LogP contribution in [0.2, 0.25) is 0 Å². The molecule has 4 rings (SSSR count). The third kappa shape index (κ3) is 4.22. The normalized spacial score (nSPS) is 27.6. The van der Waals surface area contributed by atoms with E-state index in [1.54, 1.807) is 0 Å². The van der Waals surface area contributed by atoms with E-state index in [-0.39, 0.29) is 0 Å². The minimum absolute atomic E-state index is 0.526. The maximum absolute atomic E-state index is 4.48. The first-order valence-electron chi connectivity index (χ1n) is 10.5. The fourth-order valence-corrected chi connectivity index (χ4v) is 4.24. The molecule has 4 heteroatoms. The molecule has 1 heterocycles. The Labute approximate surface area is 158 Å². The zero-order valence-corrected chi connectivity index (χ0v) is 16.5. The lowest BCUT2D eigenvalue weighted by atomic mass is 10.0. The first-order chi connectivity index (χ1) is 12.6. The van der Waals surface area contributed by atoms with Gasteiger partial charge in [-0.2, -0.15) is 0 Å². The molecule has 1 aliphatic heterocycles. The smallest absolute Gasteiger partial charge is 0.191 e. The van der Waals surface area contributed by atoms with Crippen molar-refractivity contribution >= 4 is 5.96 Å². The van der Waals surface area contributed by atoms with E-state index in [1.165, 1.54) is 56.3 Å². The lowest BCUT2D eigenvalue weighted by Crippen LogP contribution is -2.49. The molecule has 0 radical (unpaired) electrons. The molecule has 142 valence electrons. The molecule has 26 heavy (non-hydrogen) atoms. The maximum atomic E-state index is 4.48. The van der Waals surface area contributed by atoms with Crippen LogP contribution in [-0.4, -0.2) is 49.1 Å². The van der Waals surface area contributed by atoms with Crippen molar-refractivity contribution < 1.29 is 0 Å². The Bertz CT molecular complexity index is 624. The highest BCUT2D eigenvalue weighted by Gasteiger charge is 2.39. The van der Waals surface area contributed by atoms with Crippen molar-refractivity contribution in [3.05, 3.63) is 35.4 Å². The number of nitrogens with zero attached hydrogens (tertiary/aromatic N) is 2. The summed E-state index contributed by atoms with van der Waals surface area (Å²) in [5, 5.41) is 7.31. The molecule has 1 aromatic rings. The number of likely N-dealkylation sites (tertiary alicyclic amines) is 1. The van der Waals surface area contributed by atoms with Crippen molar-refractivity contribution in [1.82, 2.24) is 15.5 Å². The van der Waals surface area contributed by atoms with Gasteiger partial charge in [-0.05, 0) is 49.1 Å². The minimum atomic E-state index is 0.526. The third-order valence-corrected chi connectivity index (χ3v) is 6.30. The van der Waals surface area contributed by atoms with Crippen LogP contribution in [0.1, 0.15) is 68.9 Å². The Balaban J connectivity index is 1.24. The number of nitrogens with one attached hydrogen (secondary N) is 2. The van der Waals surface area contributed by atoms with E-state index in [0.717, 1.165) is 12.0 Å². The van der Waals surface area contributed by atoms with Gasteiger partial charge >= 0.3 is 0 Å². The summed E-state index contributed by atoms with van der Waals surface area (Å²) in [6.07, 6.45) is 6.52. The summed E-state index contributed by atoms with van der Waals surface area (Å²) in [6.45, 7) is 6.99. The highest BCUT2D eigenvalue weighted by Crippen LogP contribution is 2.41. The van der Waals surface area contributed by atoms with Crippen molar-refractivity contribution in [2.24, 2.45) is 4.99 Å². The third-order valence-electron chi connectivity index (χ3n) is 6.30. The zero-order valence-electron chi connectivity index (χ0n) is 16.5. The van der Waals surface area contributed by atoms with Gasteiger partial charge in [0.2, 0.25) is 0 Å². The van der Waals surface area contributed by atoms with Gasteiger partial charge in [-0.15, -0.1) is 0 Å². The van der Waals surface area contributed by atoms with Crippen LogP contribution in [0.3, 0.4) is 0 Å². The number of benzene rings is 1. The molecule has 2 atom stereocenters. The SMILES string of the molecule is CN=C(NC1CCN(C2CC2)CC1)NC1CC1c1ccc(C(C)C)cc1. The monoisotopic (exact) mass is 354 g/mol. The Morgan fingerprint density at radius 2 is 1.73 bits per heavy atom. The molecule has 3 aliphatic rings. The molecule has 2 unspecified atom stereocenters. The first kappa shape index (κ1) is 17.8. The van der Waals surface area contributed by atoms with E-state index >= 15 is 0 Å². The highest BCUT2D eigenvalue weighted by atomic mass is 15.2. The summed E-state index contributed by atoms with van der Waals surface area (Å²) in [7, 11) is 1.89. The van der Waals surface area contributed by atoms with E-state index < -0.39 is 0 Å². The summed E-state index contributed by atoms with van der Waals surface area (Å²) >= 11 is 0. The summed E-state index contributed by atoms with van der Waals surface area (Å²) in [6, 6.07) is 11.2. The van der Waals surface area contributed by atoms with Crippen LogP contribution in [0.5, 0.6) is 0 Å². The number of hydrogen-bond donors (Lipinski definition) is 2. The van der Waals surface area contributed by atoms with Gasteiger partial charge < -0.3 is 15.5 Å². The van der Waals surface area contributed by atoms with Crippen molar-refractivity contribution in [3.63, 3.8) is 0 Å². The maximum Gasteiger partial charge on any atom is 0.191 e. The number of rotatable bonds is 5. The van der Waals surface area contributed by atoms with Gasteiger partial charge in [0.25, 0.3) is 0 Å². The second-order valence-electron chi connectivity index (χ2n) is 8.67. The number of hydrogen-bond acceptors (Lipinski definition) is 2. The molecule has 0 amide bonds. The fourth-order valence-electron chi connectivity index (χ4n) is 4.24. The Hall–Kier alpha value is -1.55. The van der Waals surface area contributed by atoms with E-state index in [4.69, 9.17) is 0 Å². The van der Waals surface area contributed by atoms with Crippen LogP contribution in [-0.2, 0) is 0 Å². The number of guanidine groups is 1. The zero-order chi connectivity index (χ0) is 18.1. The van der Waals surface area contributed by atoms with Gasteiger partial charge in [0, 0.05) is 44.2 Å². The van der Waals surface area contributed by atoms with Crippen LogP contribution >= 0.6 is 0 Å². The van der Waals surface area contributed by atoms with Gasteiger partial charge in [0.15, 0.2) is 5.96 Å². The quantitative estimate of drug-likeness (QED) is 0.628. The summed E-state index contributed by atoms with van der Waals surface area (Å²) in [5.41, 5.74) is 2.88. The Morgan fingerprint density at radius 1 is 1.04 bits per heavy atom. The van der Waals surface area contributed by atoms with Gasteiger partial charge in [-0.25, -0.2) is 0 Å². The standard InChI is InChI=1S/C22H34N4/c1-15(2)16-4-6-17(7-5-16)20-14-21(20)25-22(23-3)24-18-10-12-26(13-11-18)19-8-9-19/h4-7,15,18-21H,8-14H2,1-3H3,(H2,23,24,25). The molecule has 1 aromatic carbocycles. The van der Waals surface area contributed by atoms with Crippen molar-refractivity contribution in [3.8, 4) is 0 Å². The van der Waals surface area contributed by atoms with E-state index in [9.17, 15) is 0 Å². The topological polar surface area (TPSA) is 39.7 Å². The van der Waals surface area contributed by atoms with Crippen molar-refractivity contribution in [1.29, 1.82) is 0 Å². The van der Waals surface area contributed by atoms with Gasteiger partial charge in [0.05, 0.1) is 0 Å². The Morgan fingerprint density at radius 3 is 2.31 bits per heavy atom. The molecule has 0 aromatic heterocycles. The molecular weight excluding hydrogens is 320 g/mol. The Kier molecular flexibility index (Phi) is 5.21. The summed E-state index contributed by atoms with van der Waals surface area (Å²) in [5.74, 6) is 2.22. The molecule has 2 N–H and O–H groups in total. The minimum Gasteiger partial charge on any atom is -0.354 e. The molecule has 3 fully saturated rings. The van der Waals surface area contributed by atoms with Gasteiger partial charge in [0.1, 0.15) is 0 Å². The molecule has 4 nitrogen and oxygen atoms in total. The molecule has 1 saturated heterocycles. The average Bonchev–Trinajstić information content (AvgIpc) is 3.56. The van der Waals surface area contributed by atoms with Gasteiger partial charge in [-0.3, -0.25) is 4.99 Å². The summed E-state index contributed by atoms with van der Waals surface area (Å²) < 4.78 is 0. The van der Waals surface area contributed by atoms with E-state index in [0.29, 0.717) is 23.9 Å². The van der Waals surface area contributed by atoms with Crippen LogP contribution in [0.4, 0.5) is 0 Å². The van der Waals surface area contributed by atoms with Crippen LogP contribution in [0, 0.1) is 0 Å². The first-order valence-corrected chi connectivity index (χ1v) is 10.5. The highest BCUT2D eigenvalue weighted by molar-refractivity contribution is 5.80. The second kappa shape index (κ2) is 7.59. The lowest BCUT2D eigenvalue weighted by molar-refractivity contribution is 0.197.